The highest BCUT2D eigenvalue weighted by molar-refractivity contribution is 5.80. The molecule has 7 nitrogen and oxygen atoms in total. The van der Waals surface area contributed by atoms with Crippen molar-refractivity contribution >= 4 is 16.9 Å². The van der Waals surface area contributed by atoms with E-state index in [2.05, 4.69) is 20.6 Å². The van der Waals surface area contributed by atoms with Crippen LogP contribution >= 0.6 is 0 Å². The van der Waals surface area contributed by atoms with Gasteiger partial charge in [-0.15, -0.1) is 5.10 Å². The van der Waals surface area contributed by atoms with Crippen molar-refractivity contribution in [3.8, 4) is 0 Å². The van der Waals surface area contributed by atoms with Gasteiger partial charge in [-0.2, -0.15) is 0 Å². The number of nitrogens with zero attached hydrogens (tertiary/aromatic N) is 5. The summed E-state index contributed by atoms with van der Waals surface area (Å²) >= 11 is 0. The lowest BCUT2D eigenvalue weighted by Gasteiger charge is -2.19. The van der Waals surface area contributed by atoms with E-state index in [1.165, 1.54) is 16.8 Å². The van der Waals surface area contributed by atoms with Gasteiger partial charge in [-0.25, -0.2) is 14.1 Å². The van der Waals surface area contributed by atoms with Gasteiger partial charge in [0.15, 0.2) is 0 Å². The molecule has 136 valence electrons. The van der Waals surface area contributed by atoms with E-state index in [1.807, 2.05) is 31.3 Å². The van der Waals surface area contributed by atoms with Crippen LogP contribution in [0.5, 0.6) is 0 Å². The Hall–Kier alpha value is -3.55. The summed E-state index contributed by atoms with van der Waals surface area (Å²) in [6.45, 7) is -0.00322. The number of carbonyl (C=O) groups is 1. The topological polar surface area (TPSA) is 77.6 Å². The normalized spacial score (nSPS) is 12.2. The fraction of sp³-hybridized carbons (Fsp3) is 0.158. The zero-order valence-corrected chi connectivity index (χ0v) is 14.6. The number of rotatable bonds is 5. The number of nitrogens with one attached hydrogen (secondary N) is 1. The van der Waals surface area contributed by atoms with E-state index in [0.717, 1.165) is 11.0 Å². The summed E-state index contributed by atoms with van der Waals surface area (Å²) in [4.78, 5) is 17.0. The Labute approximate surface area is 154 Å². The second kappa shape index (κ2) is 6.99. The van der Waals surface area contributed by atoms with Crippen LogP contribution in [0, 0.1) is 5.82 Å². The molecule has 8 heteroatoms. The van der Waals surface area contributed by atoms with E-state index in [9.17, 15) is 9.18 Å². The summed E-state index contributed by atoms with van der Waals surface area (Å²) in [7, 11) is 1.83. The maximum Gasteiger partial charge on any atom is 0.242 e. The average Bonchev–Trinajstić information content (AvgIpc) is 3.26. The number of hydrogen-bond donors (Lipinski definition) is 1. The van der Waals surface area contributed by atoms with Crippen molar-refractivity contribution in [2.24, 2.45) is 7.05 Å². The predicted octanol–water partition coefficient (Wildman–Crippen LogP) is 2.21. The largest absolute Gasteiger partial charge is 0.340 e. The third-order valence-electron chi connectivity index (χ3n) is 4.32. The Kier molecular flexibility index (Phi) is 4.37. The van der Waals surface area contributed by atoms with E-state index in [0.29, 0.717) is 11.4 Å². The zero-order chi connectivity index (χ0) is 18.8. The van der Waals surface area contributed by atoms with Gasteiger partial charge in [-0.1, -0.05) is 29.5 Å². The van der Waals surface area contributed by atoms with Gasteiger partial charge in [0.25, 0.3) is 0 Å². The van der Waals surface area contributed by atoms with Crippen LogP contribution in [0.1, 0.15) is 17.4 Å². The molecule has 27 heavy (non-hydrogen) atoms. The number of amides is 1. The molecule has 0 saturated carbocycles. The number of aryl methyl sites for hydroxylation is 1. The number of halogens is 1. The molecule has 0 radical (unpaired) electrons. The molecule has 0 fully saturated rings. The van der Waals surface area contributed by atoms with Crippen LogP contribution in [0.2, 0.25) is 0 Å². The van der Waals surface area contributed by atoms with E-state index in [4.69, 9.17) is 0 Å². The number of imidazole rings is 1. The van der Waals surface area contributed by atoms with Gasteiger partial charge in [0.05, 0.1) is 5.52 Å². The van der Waals surface area contributed by atoms with Crippen molar-refractivity contribution in [2.45, 2.75) is 12.6 Å². The van der Waals surface area contributed by atoms with Crippen LogP contribution in [-0.4, -0.2) is 30.5 Å². The first kappa shape index (κ1) is 16.9. The summed E-state index contributed by atoms with van der Waals surface area (Å²) in [6.07, 6.45) is 3.41. The molecule has 0 bridgehead atoms. The lowest BCUT2D eigenvalue weighted by atomic mass is 10.1. The van der Waals surface area contributed by atoms with Crippen LogP contribution < -0.4 is 5.32 Å². The number of carbonyl (C=O) groups excluding carboxylic acids is 1. The van der Waals surface area contributed by atoms with E-state index in [1.54, 1.807) is 29.1 Å². The molecule has 2 aromatic carbocycles. The molecule has 4 aromatic rings. The molecule has 2 heterocycles. The standard InChI is InChI=1S/C19H17FN6O/c1-25-10-9-21-19(25)18(13-5-4-6-14(20)11-13)22-17(27)12-26-16-8-3-2-7-15(16)23-24-26/h2-11,18H,12H2,1H3,(H,22,27). The van der Waals surface area contributed by atoms with Crippen molar-refractivity contribution in [1.29, 1.82) is 0 Å². The van der Waals surface area contributed by atoms with E-state index in [-0.39, 0.29) is 18.3 Å². The molecule has 2 aromatic heterocycles. The quantitative estimate of drug-likeness (QED) is 0.589. The first-order valence-corrected chi connectivity index (χ1v) is 8.42. The Morgan fingerprint density at radius 2 is 2.07 bits per heavy atom. The Balaban J connectivity index is 1.61. The van der Waals surface area contributed by atoms with Crippen LogP contribution in [0.3, 0.4) is 0 Å². The lowest BCUT2D eigenvalue weighted by Crippen LogP contribution is -2.34. The molecule has 1 unspecified atom stereocenters. The number of para-hydroxylation sites is 1. The highest BCUT2D eigenvalue weighted by Gasteiger charge is 2.22. The van der Waals surface area contributed by atoms with Crippen molar-refractivity contribution in [2.75, 3.05) is 0 Å². The number of aromatic nitrogens is 5. The zero-order valence-electron chi connectivity index (χ0n) is 14.6. The number of fused-ring (bicyclic) bond motifs is 1. The van der Waals surface area contributed by atoms with Crippen molar-refractivity contribution in [3.05, 3.63) is 78.1 Å². The first-order valence-electron chi connectivity index (χ1n) is 8.42. The molecule has 0 aliphatic rings. The Bertz CT molecular complexity index is 1100. The molecule has 0 aliphatic heterocycles. The van der Waals surface area contributed by atoms with Gasteiger partial charge in [0.2, 0.25) is 5.91 Å². The predicted molar refractivity (Wildman–Crippen MR) is 97.1 cm³/mol. The molecule has 1 N–H and O–H groups in total. The van der Waals surface area contributed by atoms with Gasteiger partial charge in [0, 0.05) is 19.4 Å². The SMILES string of the molecule is Cn1ccnc1C(NC(=O)Cn1nnc2ccccc21)c1cccc(F)c1. The third kappa shape index (κ3) is 3.41. The van der Waals surface area contributed by atoms with E-state index >= 15 is 0 Å². The molecule has 0 aliphatic carbocycles. The fourth-order valence-electron chi connectivity index (χ4n) is 3.02. The van der Waals surface area contributed by atoms with Gasteiger partial charge in [0.1, 0.15) is 29.7 Å². The minimum atomic E-state index is -0.581. The lowest BCUT2D eigenvalue weighted by molar-refractivity contribution is -0.122. The van der Waals surface area contributed by atoms with E-state index < -0.39 is 6.04 Å². The van der Waals surface area contributed by atoms with Crippen LogP contribution in [0.25, 0.3) is 11.0 Å². The summed E-state index contributed by atoms with van der Waals surface area (Å²) in [6, 6.07) is 13.0. The van der Waals surface area contributed by atoms with Crippen molar-refractivity contribution in [1.82, 2.24) is 29.9 Å². The summed E-state index contributed by atoms with van der Waals surface area (Å²) in [5.74, 6) is -0.0384. The molecular weight excluding hydrogens is 347 g/mol. The summed E-state index contributed by atoms with van der Waals surface area (Å²) in [5.41, 5.74) is 2.10. The first-order chi connectivity index (χ1) is 13.1. The van der Waals surface area contributed by atoms with Gasteiger partial charge in [-0.05, 0) is 29.8 Å². The van der Waals surface area contributed by atoms with Gasteiger partial charge in [-0.3, -0.25) is 4.79 Å². The minimum Gasteiger partial charge on any atom is -0.340 e. The minimum absolute atomic E-state index is 0.00322. The van der Waals surface area contributed by atoms with Crippen molar-refractivity contribution < 1.29 is 9.18 Å². The fourth-order valence-corrected chi connectivity index (χ4v) is 3.02. The van der Waals surface area contributed by atoms with Gasteiger partial charge < -0.3 is 9.88 Å². The maximum absolute atomic E-state index is 13.7. The molecule has 4 rings (SSSR count). The van der Waals surface area contributed by atoms with Crippen LogP contribution in [0.4, 0.5) is 4.39 Å². The monoisotopic (exact) mass is 364 g/mol. The summed E-state index contributed by atoms with van der Waals surface area (Å²) in [5, 5.41) is 11.0. The Morgan fingerprint density at radius 3 is 2.85 bits per heavy atom. The molecule has 1 atom stereocenters. The summed E-state index contributed by atoms with van der Waals surface area (Å²) < 4.78 is 17.1. The number of benzene rings is 2. The Morgan fingerprint density at radius 1 is 1.22 bits per heavy atom. The third-order valence-corrected chi connectivity index (χ3v) is 4.32. The highest BCUT2D eigenvalue weighted by atomic mass is 19.1. The molecule has 0 spiro atoms. The van der Waals surface area contributed by atoms with Crippen molar-refractivity contribution in [3.63, 3.8) is 0 Å². The van der Waals surface area contributed by atoms with Gasteiger partial charge >= 0.3 is 0 Å². The highest BCUT2D eigenvalue weighted by Crippen LogP contribution is 2.21. The molecule has 0 saturated heterocycles. The average molecular weight is 364 g/mol. The smallest absolute Gasteiger partial charge is 0.242 e. The number of hydrogen-bond acceptors (Lipinski definition) is 4. The maximum atomic E-state index is 13.7. The van der Waals surface area contributed by atoms with Crippen LogP contribution in [0.15, 0.2) is 60.9 Å². The van der Waals surface area contributed by atoms with Crippen LogP contribution in [-0.2, 0) is 18.4 Å². The molecular formula is C19H17FN6O. The molecule has 1 amide bonds. The second-order valence-electron chi connectivity index (χ2n) is 6.19. The second-order valence-corrected chi connectivity index (χ2v) is 6.19.